The smallest absolute Gasteiger partial charge is 0.0261 e. The zero-order valence-corrected chi connectivity index (χ0v) is 11.4. The minimum atomic E-state index is 0.655. The third kappa shape index (κ3) is 3.13. The molecule has 1 aliphatic heterocycles. The van der Waals surface area contributed by atoms with Crippen molar-refractivity contribution in [2.24, 2.45) is 11.3 Å². The van der Waals surface area contributed by atoms with Gasteiger partial charge in [0.2, 0.25) is 0 Å². The molecule has 2 aliphatic rings. The fourth-order valence-corrected chi connectivity index (χ4v) is 3.60. The molecule has 16 heavy (non-hydrogen) atoms. The number of likely N-dealkylation sites (tertiary alicyclic amines) is 1. The lowest BCUT2D eigenvalue weighted by Gasteiger charge is -2.44. The maximum atomic E-state index is 5.89. The normalized spacial score (nSPS) is 28.1. The number of halogens is 1. The van der Waals surface area contributed by atoms with Gasteiger partial charge in [-0.2, -0.15) is 0 Å². The Balaban J connectivity index is 1.77. The summed E-state index contributed by atoms with van der Waals surface area (Å²) in [7, 11) is 0. The largest absolute Gasteiger partial charge is 0.303 e. The van der Waals surface area contributed by atoms with Gasteiger partial charge in [-0.3, -0.25) is 0 Å². The van der Waals surface area contributed by atoms with Crippen molar-refractivity contribution < 1.29 is 0 Å². The Hall–Kier alpha value is 0.250. The van der Waals surface area contributed by atoms with Crippen LogP contribution in [0.4, 0.5) is 0 Å². The van der Waals surface area contributed by atoms with Crippen molar-refractivity contribution in [1.82, 2.24) is 4.90 Å². The fraction of sp³-hybridized carbons (Fsp3) is 1.00. The molecule has 0 radical (unpaired) electrons. The van der Waals surface area contributed by atoms with Gasteiger partial charge in [0.15, 0.2) is 0 Å². The van der Waals surface area contributed by atoms with Crippen LogP contribution in [0.5, 0.6) is 0 Å². The molecule has 1 saturated heterocycles. The quantitative estimate of drug-likeness (QED) is 0.680. The van der Waals surface area contributed by atoms with E-state index in [1.807, 2.05) is 0 Å². The molecule has 2 fully saturated rings. The molecule has 1 heterocycles. The molecule has 94 valence electrons. The molecule has 1 nitrogen and oxygen atoms in total. The molecule has 1 spiro atoms. The number of rotatable bonds is 3. The van der Waals surface area contributed by atoms with Gasteiger partial charge in [0.05, 0.1) is 0 Å². The van der Waals surface area contributed by atoms with E-state index in [2.05, 4.69) is 11.8 Å². The van der Waals surface area contributed by atoms with Crippen LogP contribution in [0.2, 0.25) is 0 Å². The van der Waals surface area contributed by atoms with Crippen molar-refractivity contribution in [1.29, 1.82) is 0 Å². The van der Waals surface area contributed by atoms with E-state index in [0.29, 0.717) is 5.92 Å². The molecule has 0 aromatic carbocycles. The molecule has 1 unspecified atom stereocenters. The summed E-state index contributed by atoms with van der Waals surface area (Å²) in [5.41, 5.74) is 0.749. The van der Waals surface area contributed by atoms with E-state index in [-0.39, 0.29) is 0 Å². The van der Waals surface area contributed by atoms with Gasteiger partial charge in [-0.15, -0.1) is 11.6 Å². The molecule has 2 heteroatoms. The van der Waals surface area contributed by atoms with Crippen LogP contribution in [0.1, 0.15) is 51.9 Å². The Bertz CT molecular complexity index is 201. The highest BCUT2D eigenvalue weighted by molar-refractivity contribution is 6.18. The first-order chi connectivity index (χ1) is 7.74. The second kappa shape index (κ2) is 5.73. The Morgan fingerprint density at radius 3 is 2.25 bits per heavy atom. The first kappa shape index (κ1) is 12.7. The summed E-state index contributed by atoms with van der Waals surface area (Å²) < 4.78 is 0. The number of alkyl halides is 1. The van der Waals surface area contributed by atoms with Crippen molar-refractivity contribution >= 4 is 11.6 Å². The zero-order valence-electron chi connectivity index (χ0n) is 10.7. The molecule has 0 N–H and O–H groups in total. The van der Waals surface area contributed by atoms with Crippen LogP contribution >= 0.6 is 11.6 Å². The van der Waals surface area contributed by atoms with Gasteiger partial charge in [0.25, 0.3) is 0 Å². The summed E-state index contributed by atoms with van der Waals surface area (Å²) in [4.78, 5) is 2.63. The van der Waals surface area contributed by atoms with Crippen molar-refractivity contribution in [3.05, 3.63) is 0 Å². The SMILES string of the molecule is CC(CCl)CN1CCC2(CCCCC2)CC1. The van der Waals surface area contributed by atoms with Gasteiger partial charge in [0.1, 0.15) is 0 Å². The Morgan fingerprint density at radius 2 is 1.69 bits per heavy atom. The summed E-state index contributed by atoms with van der Waals surface area (Å²) in [5.74, 6) is 1.46. The van der Waals surface area contributed by atoms with Crippen LogP contribution in [0, 0.1) is 11.3 Å². The van der Waals surface area contributed by atoms with Gasteiger partial charge in [-0.1, -0.05) is 26.2 Å². The predicted octanol–water partition coefficient (Wildman–Crippen LogP) is 3.91. The van der Waals surface area contributed by atoms with E-state index in [9.17, 15) is 0 Å². The zero-order chi connectivity index (χ0) is 11.4. The monoisotopic (exact) mass is 243 g/mol. The summed E-state index contributed by atoms with van der Waals surface area (Å²) in [6.45, 7) is 6.11. The molecule has 1 aliphatic carbocycles. The molecule has 0 bridgehead atoms. The number of nitrogens with zero attached hydrogens (tertiary/aromatic N) is 1. The van der Waals surface area contributed by atoms with Crippen molar-refractivity contribution in [2.45, 2.75) is 51.9 Å². The fourth-order valence-electron chi connectivity index (χ4n) is 3.50. The Kier molecular flexibility index (Phi) is 4.55. The van der Waals surface area contributed by atoms with Crippen molar-refractivity contribution in [3.8, 4) is 0 Å². The highest BCUT2D eigenvalue weighted by Crippen LogP contribution is 2.44. The second-order valence-corrected chi connectivity index (χ2v) is 6.43. The topological polar surface area (TPSA) is 3.24 Å². The molecule has 0 amide bonds. The maximum Gasteiger partial charge on any atom is 0.0261 e. The lowest BCUT2D eigenvalue weighted by molar-refractivity contribution is 0.0624. The predicted molar refractivity (Wildman–Crippen MR) is 71.1 cm³/mol. The number of hydrogen-bond donors (Lipinski definition) is 0. The summed E-state index contributed by atoms with van der Waals surface area (Å²) in [6, 6.07) is 0. The minimum Gasteiger partial charge on any atom is -0.303 e. The molecule has 1 atom stereocenters. The second-order valence-electron chi connectivity index (χ2n) is 6.12. The van der Waals surface area contributed by atoms with Gasteiger partial charge in [-0.05, 0) is 50.1 Å². The van der Waals surface area contributed by atoms with Crippen molar-refractivity contribution in [2.75, 3.05) is 25.5 Å². The summed E-state index contributed by atoms with van der Waals surface area (Å²) in [5, 5.41) is 0. The van der Waals surface area contributed by atoms with Crippen LogP contribution in [-0.4, -0.2) is 30.4 Å². The van der Waals surface area contributed by atoms with E-state index in [1.54, 1.807) is 0 Å². The standard InChI is InChI=1S/C14H26ClN/c1-13(11-15)12-16-9-7-14(8-10-16)5-3-2-4-6-14/h13H,2-12H2,1H3. The van der Waals surface area contributed by atoms with Gasteiger partial charge in [0, 0.05) is 12.4 Å². The molecular formula is C14H26ClN. The number of hydrogen-bond acceptors (Lipinski definition) is 1. The van der Waals surface area contributed by atoms with Crippen LogP contribution in [-0.2, 0) is 0 Å². The van der Waals surface area contributed by atoms with Crippen LogP contribution in [0.25, 0.3) is 0 Å². The number of piperidine rings is 1. The lowest BCUT2D eigenvalue weighted by Crippen LogP contribution is -2.42. The van der Waals surface area contributed by atoms with Crippen LogP contribution in [0.3, 0.4) is 0 Å². The van der Waals surface area contributed by atoms with Gasteiger partial charge in [-0.25, -0.2) is 0 Å². The van der Waals surface area contributed by atoms with E-state index >= 15 is 0 Å². The first-order valence-electron chi connectivity index (χ1n) is 7.02. The minimum absolute atomic E-state index is 0.655. The molecular weight excluding hydrogens is 218 g/mol. The average molecular weight is 244 g/mol. The van der Waals surface area contributed by atoms with Crippen LogP contribution in [0.15, 0.2) is 0 Å². The van der Waals surface area contributed by atoms with Gasteiger partial charge < -0.3 is 4.90 Å². The van der Waals surface area contributed by atoms with E-state index in [1.165, 1.54) is 64.6 Å². The summed E-state index contributed by atoms with van der Waals surface area (Å²) >= 11 is 5.89. The third-order valence-corrected chi connectivity index (χ3v) is 5.19. The summed E-state index contributed by atoms with van der Waals surface area (Å²) in [6.07, 6.45) is 10.4. The lowest BCUT2D eigenvalue weighted by atomic mass is 9.68. The highest BCUT2D eigenvalue weighted by atomic mass is 35.5. The third-order valence-electron chi connectivity index (χ3n) is 4.66. The highest BCUT2D eigenvalue weighted by Gasteiger charge is 2.35. The van der Waals surface area contributed by atoms with E-state index in [4.69, 9.17) is 11.6 Å². The molecule has 0 aromatic heterocycles. The first-order valence-corrected chi connectivity index (χ1v) is 7.56. The van der Waals surface area contributed by atoms with E-state index in [0.717, 1.165) is 11.3 Å². The average Bonchev–Trinajstić information content (AvgIpc) is 2.33. The van der Waals surface area contributed by atoms with E-state index < -0.39 is 0 Å². The molecule has 0 aromatic rings. The maximum absolute atomic E-state index is 5.89. The van der Waals surface area contributed by atoms with Crippen molar-refractivity contribution in [3.63, 3.8) is 0 Å². The molecule has 2 rings (SSSR count). The van der Waals surface area contributed by atoms with Gasteiger partial charge >= 0.3 is 0 Å². The molecule has 1 saturated carbocycles. The van der Waals surface area contributed by atoms with Crippen LogP contribution < -0.4 is 0 Å². The Morgan fingerprint density at radius 1 is 1.06 bits per heavy atom. The Labute approximate surface area is 106 Å².